The Morgan fingerprint density at radius 3 is 2.38 bits per heavy atom. The van der Waals surface area contributed by atoms with Crippen molar-refractivity contribution in [2.45, 2.75) is 26.7 Å². The maximum Gasteiger partial charge on any atom is 0.318 e. The van der Waals surface area contributed by atoms with Crippen LogP contribution in [0.15, 0.2) is 0 Å². The molecular formula is C10H19NO4S. The molecule has 0 aromatic rings. The van der Waals surface area contributed by atoms with Gasteiger partial charge in [0, 0.05) is 6.54 Å². The van der Waals surface area contributed by atoms with Gasteiger partial charge in [0.1, 0.15) is 6.54 Å². The summed E-state index contributed by atoms with van der Waals surface area (Å²) in [5, 5.41) is 8.70. The highest BCUT2D eigenvalue weighted by Crippen LogP contribution is 2.31. The average Bonchev–Trinajstić information content (AvgIpc) is 2.84. The van der Waals surface area contributed by atoms with E-state index in [-0.39, 0.29) is 24.1 Å². The molecule has 0 aromatic carbocycles. The molecule has 0 amide bonds. The lowest BCUT2D eigenvalue weighted by molar-refractivity contribution is -0.137. The molecule has 1 rings (SSSR count). The monoisotopic (exact) mass is 249 g/mol. The largest absolute Gasteiger partial charge is 0.480 e. The maximum atomic E-state index is 11.9. The van der Waals surface area contributed by atoms with Crippen LogP contribution >= 0.6 is 0 Å². The Bertz CT molecular complexity index is 346. The number of hydrogen-bond donors (Lipinski definition) is 1. The van der Waals surface area contributed by atoms with E-state index >= 15 is 0 Å². The van der Waals surface area contributed by atoms with Crippen molar-refractivity contribution in [3.63, 3.8) is 0 Å². The number of rotatable bonds is 7. The second kappa shape index (κ2) is 5.14. The van der Waals surface area contributed by atoms with Gasteiger partial charge in [0.05, 0.1) is 5.75 Å². The van der Waals surface area contributed by atoms with E-state index < -0.39 is 22.5 Å². The van der Waals surface area contributed by atoms with Gasteiger partial charge < -0.3 is 5.11 Å². The molecule has 1 aliphatic carbocycles. The molecule has 16 heavy (non-hydrogen) atoms. The van der Waals surface area contributed by atoms with Crippen molar-refractivity contribution in [1.82, 2.24) is 4.31 Å². The first-order valence-electron chi connectivity index (χ1n) is 5.51. The van der Waals surface area contributed by atoms with Crippen LogP contribution in [0.1, 0.15) is 26.7 Å². The first-order chi connectivity index (χ1) is 7.31. The van der Waals surface area contributed by atoms with Crippen molar-refractivity contribution >= 4 is 16.0 Å². The molecule has 0 unspecified atom stereocenters. The standard InChI is InChI=1S/C10H19NO4S/c1-8(2)5-11(6-10(12)13)16(14,15)7-9-3-4-9/h8-9H,3-7H2,1-2H3,(H,12,13). The van der Waals surface area contributed by atoms with E-state index in [2.05, 4.69) is 0 Å². The third-order valence-electron chi connectivity index (χ3n) is 2.42. The molecule has 5 nitrogen and oxygen atoms in total. The predicted molar refractivity (Wildman–Crippen MR) is 60.6 cm³/mol. The van der Waals surface area contributed by atoms with E-state index in [1.165, 1.54) is 0 Å². The summed E-state index contributed by atoms with van der Waals surface area (Å²) in [4.78, 5) is 10.6. The molecule has 6 heteroatoms. The predicted octanol–water partition coefficient (Wildman–Crippen LogP) is 0.769. The molecule has 0 spiro atoms. The molecule has 94 valence electrons. The van der Waals surface area contributed by atoms with Crippen molar-refractivity contribution < 1.29 is 18.3 Å². The molecule has 0 radical (unpaired) electrons. The van der Waals surface area contributed by atoms with Crippen LogP contribution in [0, 0.1) is 11.8 Å². The molecule has 1 N–H and O–H groups in total. The minimum absolute atomic E-state index is 0.104. The van der Waals surface area contributed by atoms with Gasteiger partial charge in [0.15, 0.2) is 0 Å². The van der Waals surface area contributed by atoms with E-state index in [4.69, 9.17) is 5.11 Å². The normalized spacial score (nSPS) is 17.0. The molecule has 1 saturated carbocycles. The zero-order valence-corrected chi connectivity index (χ0v) is 10.5. The number of aliphatic carboxylic acids is 1. The zero-order chi connectivity index (χ0) is 12.3. The summed E-state index contributed by atoms with van der Waals surface area (Å²) in [6, 6.07) is 0. The first kappa shape index (κ1) is 13.4. The third kappa shape index (κ3) is 4.49. The lowest BCUT2D eigenvalue weighted by atomic mass is 10.2. The molecule has 0 aromatic heterocycles. The van der Waals surface area contributed by atoms with Crippen LogP contribution in [0.25, 0.3) is 0 Å². The third-order valence-corrected chi connectivity index (χ3v) is 4.37. The Morgan fingerprint density at radius 1 is 1.44 bits per heavy atom. The Kier molecular flexibility index (Phi) is 4.32. The molecule has 1 aliphatic rings. The van der Waals surface area contributed by atoms with Crippen LogP contribution in [0.4, 0.5) is 0 Å². The Labute approximate surface area is 96.5 Å². The van der Waals surface area contributed by atoms with Crippen LogP contribution in [0.3, 0.4) is 0 Å². The molecule has 0 heterocycles. The number of carboxylic acid groups (broad SMARTS) is 1. The van der Waals surface area contributed by atoms with Crippen molar-refractivity contribution in [2.75, 3.05) is 18.8 Å². The van der Waals surface area contributed by atoms with E-state index in [0.29, 0.717) is 0 Å². The van der Waals surface area contributed by atoms with Crippen LogP contribution in [0.5, 0.6) is 0 Å². The fraction of sp³-hybridized carbons (Fsp3) is 0.900. The van der Waals surface area contributed by atoms with Gasteiger partial charge >= 0.3 is 5.97 Å². The topological polar surface area (TPSA) is 74.7 Å². The van der Waals surface area contributed by atoms with E-state index in [1.807, 2.05) is 13.8 Å². The summed E-state index contributed by atoms with van der Waals surface area (Å²) in [5.41, 5.74) is 0. The first-order valence-corrected chi connectivity index (χ1v) is 7.12. The molecule has 0 aliphatic heterocycles. The van der Waals surface area contributed by atoms with Gasteiger partial charge in [-0.05, 0) is 24.7 Å². The summed E-state index contributed by atoms with van der Waals surface area (Å²) in [6.45, 7) is 3.61. The van der Waals surface area contributed by atoms with E-state index in [0.717, 1.165) is 17.1 Å². The second-order valence-corrected chi connectivity index (χ2v) is 6.82. The van der Waals surface area contributed by atoms with Gasteiger partial charge in [-0.3, -0.25) is 4.79 Å². The summed E-state index contributed by atoms with van der Waals surface area (Å²) >= 11 is 0. The summed E-state index contributed by atoms with van der Waals surface area (Å²) in [5.74, 6) is -0.616. The highest BCUT2D eigenvalue weighted by molar-refractivity contribution is 7.89. The van der Waals surface area contributed by atoms with Crippen molar-refractivity contribution in [3.05, 3.63) is 0 Å². The van der Waals surface area contributed by atoms with Crippen LogP contribution in [0.2, 0.25) is 0 Å². The van der Waals surface area contributed by atoms with Crippen molar-refractivity contribution in [1.29, 1.82) is 0 Å². The van der Waals surface area contributed by atoms with Gasteiger partial charge in [0.2, 0.25) is 10.0 Å². The van der Waals surface area contributed by atoms with Gasteiger partial charge in [-0.25, -0.2) is 8.42 Å². The summed E-state index contributed by atoms with van der Waals surface area (Å²) in [7, 11) is -3.40. The summed E-state index contributed by atoms with van der Waals surface area (Å²) in [6.07, 6.45) is 1.89. The lowest BCUT2D eigenvalue weighted by Gasteiger charge is -2.22. The van der Waals surface area contributed by atoms with Gasteiger partial charge in [-0.15, -0.1) is 0 Å². The SMILES string of the molecule is CC(C)CN(CC(=O)O)S(=O)(=O)CC1CC1. The van der Waals surface area contributed by atoms with Gasteiger partial charge in [-0.1, -0.05) is 13.8 Å². The van der Waals surface area contributed by atoms with E-state index in [9.17, 15) is 13.2 Å². The fourth-order valence-electron chi connectivity index (χ4n) is 1.52. The van der Waals surface area contributed by atoms with Crippen molar-refractivity contribution in [3.8, 4) is 0 Å². The lowest BCUT2D eigenvalue weighted by Crippen LogP contribution is -2.39. The highest BCUT2D eigenvalue weighted by atomic mass is 32.2. The number of sulfonamides is 1. The highest BCUT2D eigenvalue weighted by Gasteiger charge is 2.33. The van der Waals surface area contributed by atoms with Gasteiger partial charge in [-0.2, -0.15) is 4.31 Å². The Balaban J connectivity index is 2.68. The Hall–Kier alpha value is -0.620. The molecule has 0 saturated heterocycles. The molecular weight excluding hydrogens is 230 g/mol. The maximum absolute atomic E-state index is 11.9. The van der Waals surface area contributed by atoms with Crippen molar-refractivity contribution in [2.24, 2.45) is 11.8 Å². The van der Waals surface area contributed by atoms with E-state index in [1.54, 1.807) is 0 Å². The van der Waals surface area contributed by atoms with Crippen LogP contribution in [-0.4, -0.2) is 42.6 Å². The summed E-state index contributed by atoms with van der Waals surface area (Å²) < 4.78 is 24.9. The minimum atomic E-state index is -3.40. The molecule has 0 atom stereocenters. The number of nitrogens with zero attached hydrogens (tertiary/aromatic N) is 1. The second-order valence-electron chi connectivity index (χ2n) is 4.80. The number of hydrogen-bond acceptors (Lipinski definition) is 3. The number of carboxylic acids is 1. The molecule has 1 fully saturated rings. The smallest absolute Gasteiger partial charge is 0.318 e. The molecule has 0 bridgehead atoms. The van der Waals surface area contributed by atoms with Crippen LogP contribution < -0.4 is 0 Å². The minimum Gasteiger partial charge on any atom is -0.480 e. The zero-order valence-electron chi connectivity index (χ0n) is 9.72. The quantitative estimate of drug-likeness (QED) is 0.723. The van der Waals surface area contributed by atoms with Crippen LogP contribution in [-0.2, 0) is 14.8 Å². The van der Waals surface area contributed by atoms with Gasteiger partial charge in [0.25, 0.3) is 0 Å². The average molecular weight is 249 g/mol. The number of carbonyl (C=O) groups is 1. The Morgan fingerprint density at radius 2 is 2.00 bits per heavy atom. The fourth-order valence-corrected chi connectivity index (χ4v) is 3.49.